The minimum Gasteiger partial charge on any atom is -0.401 e. The van der Waals surface area contributed by atoms with Crippen LogP contribution < -0.4 is 0 Å². The van der Waals surface area contributed by atoms with Gasteiger partial charge in [0.25, 0.3) is 5.78 Å². The first-order valence-electron chi connectivity index (χ1n) is 6.31. The van der Waals surface area contributed by atoms with Gasteiger partial charge in [-0.1, -0.05) is 11.8 Å². The van der Waals surface area contributed by atoms with Gasteiger partial charge in [0, 0.05) is 11.4 Å². The zero-order chi connectivity index (χ0) is 15.7. The van der Waals surface area contributed by atoms with Crippen LogP contribution in [0.5, 0.6) is 0 Å². The molecule has 0 spiro atoms. The summed E-state index contributed by atoms with van der Waals surface area (Å²) in [5, 5.41) is 17.1. The van der Waals surface area contributed by atoms with Crippen LogP contribution in [0.25, 0.3) is 11.9 Å². The zero-order valence-electron chi connectivity index (χ0n) is 11.8. The van der Waals surface area contributed by atoms with E-state index in [0.29, 0.717) is 16.7 Å². The van der Waals surface area contributed by atoms with E-state index < -0.39 is 4.92 Å². The molecule has 112 valence electrons. The fourth-order valence-corrected chi connectivity index (χ4v) is 2.48. The molecule has 0 saturated carbocycles. The standard InChI is InChI=1S/C13H11N5O3S/c1-8-7-9(2)17-12(14-8)15-13(16-17)22-6-5-10-3-4-11(21-10)18(19)20/h3-7H,1-2H3/b6-5-. The van der Waals surface area contributed by atoms with Crippen LogP contribution in [0.4, 0.5) is 5.88 Å². The molecule has 0 bridgehead atoms. The second-order valence-corrected chi connectivity index (χ2v) is 5.37. The normalized spacial score (nSPS) is 11.5. The van der Waals surface area contributed by atoms with Crippen molar-refractivity contribution in [1.29, 1.82) is 0 Å². The fraction of sp³-hybridized carbons (Fsp3) is 0.154. The van der Waals surface area contributed by atoms with E-state index in [1.807, 2.05) is 19.9 Å². The van der Waals surface area contributed by atoms with Crippen LogP contribution in [-0.4, -0.2) is 24.5 Å². The Balaban J connectivity index is 1.77. The summed E-state index contributed by atoms with van der Waals surface area (Å²) in [4.78, 5) is 18.6. The molecular formula is C13H11N5O3S. The summed E-state index contributed by atoms with van der Waals surface area (Å²) in [6, 6.07) is 4.76. The van der Waals surface area contributed by atoms with Crippen LogP contribution in [0.15, 0.2) is 33.2 Å². The largest absolute Gasteiger partial charge is 0.433 e. The number of hydrogen-bond acceptors (Lipinski definition) is 7. The van der Waals surface area contributed by atoms with E-state index in [4.69, 9.17) is 4.42 Å². The van der Waals surface area contributed by atoms with E-state index in [1.54, 1.807) is 16.0 Å². The third-order valence-corrected chi connectivity index (χ3v) is 3.45. The molecule has 0 atom stereocenters. The molecule has 0 aliphatic rings. The molecule has 3 aromatic heterocycles. The van der Waals surface area contributed by atoms with Crippen molar-refractivity contribution in [3.05, 3.63) is 50.9 Å². The first kappa shape index (κ1) is 14.3. The van der Waals surface area contributed by atoms with Crippen molar-refractivity contribution in [1.82, 2.24) is 19.6 Å². The Morgan fingerprint density at radius 2 is 2.18 bits per heavy atom. The van der Waals surface area contributed by atoms with Gasteiger partial charge >= 0.3 is 5.88 Å². The lowest BCUT2D eigenvalue weighted by atomic mass is 10.4. The Labute approximate surface area is 129 Å². The second-order valence-electron chi connectivity index (χ2n) is 4.50. The van der Waals surface area contributed by atoms with Crippen molar-refractivity contribution < 1.29 is 9.34 Å². The van der Waals surface area contributed by atoms with Crippen LogP contribution in [0, 0.1) is 24.0 Å². The number of nitro groups is 1. The van der Waals surface area contributed by atoms with Crippen molar-refractivity contribution in [2.45, 2.75) is 19.0 Å². The number of nitrogens with zero attached hydrogens (tertiary/aromatic N) is 5. The molecule has 0 aromatic carbocycles. The van der Waals surface area contributed by atoms with Crippen LogP contribution in [-0.2, 0) is 0 Å². The monoisotopic (exact) mass is 317 g/mol. The molecule has 0 saturated heterocycles. The van der Waals surface area contributed by atoms with E-state index in [9.17, 15) is 10.1 Å². The molecule has 3 heterocycles. The van der Waals surface area contributed by atoms with E-state index in [-0.39, 0.29) is 5.88 Å². The molecule has 0 fully saturated rings. The fourth-order valence-electron chi connectivity index (χ4n) is 1.89. The number of aryl methyl sites for hydroxylation is 2. The first-order valence-corrected chi connectivity index (χ1v) is 7.19. The molecule has 22 heavy (non-hydrogen) atoms. The number of fused-ring (bicyclic) bond motifs is 1. The Morgan fingerprint density at radius 1 is 1.36 bits per heavy atom. The van der Waals surface area contributed by atoms with Gasteiger partial charge in [-0.15, -0.1) is 5.10 Å². The number of aromatic nitrogens is 4. The van der Waals surface area contributed by atoms with Crippen LogP contribution in [0.1, 0.15) is 17.1 Å². The summed E-state index contributed by atoms with van der Waals surface area (Å²) in [6.45, 7) is 3.83. The summed E-state index contributed by atoms with van der Waals surface area (Å²) in [7, 11) is 0. The third kappa shape index (κ3) is 2.84. The molecule has 3 aromatic rings. The highest BCUT2D eigenvalue weighted by Crippen LogP contribution is 2.21. The number of furan rings is 1. The Kier molecular flexibility index (Phi) is 3.63. The van der Waals surface area contributed by atoms with Gasteiger partial charge in [-0.2, -0.15) is 4.98 Å². The molecule has 0 unspecified atom stereocenters. The van der Waals surface area contributed by atoms with Gasteiger partial charge in [0.05, 0.1) is 6.07 Å². The average Bonchev–Trinajstić information content (AvgIpc) is 3.05. The molecule has 0 amide bonds. The van der Waals surface area contributed by atoms with Crippen LogP contribution in [0.3, 0.4) is 0 Å². The minimum absolute atomic E-state index is 0.286. The Bertz CT molecular complexity index is 883. The van der Waals surface area contributed by atoms with Gasteiger partial charge in [-0.25, -0.2) is 9.50 Å². The van der Waals surface area contributed by atoms with Crippen LogP contribution in [0.2, 0.25) is 0 Å². The average molecular weight is 317 g/mol. The van der Waals surface area contributed by atoms with Gasteiger partial charge in [0.1, 0.15) is 10.7 Å². The summed E-state index contributed by atoms with van der Waals surface area (Å²) in [6.07, 6.45) is 1.62. The predicted molar refractivity (Wildman–Crippen MR) is 80.5 cm³/mol. The van der Waals surface area contributed by atoms with Gasteiger partial charge in [0.15, 0.2) is 0 Å². The zero-order valence-corrected chi connectivity index (χ0v) is 12.6. The topological polar surface area (TPSA) is 99.4 Å². The molecule has 3 rings (SSSR count). The van der Waals surface area contributed by atoms with E-state index in [0.717, 1.165) is 11.4 Å². The van der Waals surface area contributed by atoms with E-state index in [1.165, 1.54) is 23.9 Å². The first-order chi connectivity index (χ1) is 10.5. The van der Waals surface area contributed by atoms with Gasteiger partial charge in [-0.3, -0.25) is 10.1 Å². The highest BCUT2D eigenvalue weighted by Gasteiger charge is 2.10. The molecule has 9 heteroatoms. The number of rotatable bonds is 4. The summed E-state index contributed by atoms with van der Waals surface area (Å²) in [5.41, 5.74) is 1.83. The summed E-state index contributed by atoms with van der Waals surface area (Å²) in [5.74, 6) is 0.654. The SMILES string of the molecule is Cc1cc(C)n2nc(S/C=C\c3ccc([N+](=O)[O-])o3)nc2n1. The van der Waals surface area contributed by atoms with E-state index in [2.05, 4.69) is 15.1 Å². The lowest BCUT2D eigenvalue weighted by Crippen LogP contribution is -1.97. The Morgan fingerprint density at radius 3 is 2.91 bits per heavy atom. The Hall–Kier alpha value is -2.68. The van der Waals surface area contributed by atoms with Crippen molar-refractivity contribution >= 4 is 29.5 Å². The maximum absolute atomic E-state index is 10.5. The molecule has 0 N–H and O–H groups in total. The highest BCUT2D eigenvalue weighted by molar-refractivity contribution is 8.02. The third-order valence-electron chi connectivity index (χ3n) is 2.80. The molecule has 0 aliphatic carbocycles. The van der Waals surface area contributed by atoms with Crippen molar-refractivity contribution in [2.75, 3.05) is 0 Å². The summed E-state index contributed by atoms with van der Waals surface area (Å²) >= 11 is 1.28. The number of thioether (sulfide) groups is 1. The van der Waals surface area contributed by atoms with Crippen molar-refractivity contribution in [3.8, 4) is 0 Å². The van der Waals surface area contributed by atoms with E-state index >= 15 is 0 Å². The van der Waals surface area contributed by atoms with Crippen molar-refractivity contribution in [3.63, 3.8) is 0 Å². The van der Waals surface area contributed by atoms with Gasteiger partial charge in [-0.05, 0) is 37.5 Å². The maximum atomic E-state index is 10.5. The molecule has 0 aliphatic heterocycles. The predicted octanol–water partition coefficient (Wildman–Crippen LogP) is 3.01. The minimum atomic E-state index is -0.578. The summed E-state index contributed by atoms with van der Waals surface area (Å²) < 4.78 is 6.69. The second kappa shape index (κ2) is 5.60. The lowest BCUT2D eigenvalue weighted by Gasteiger charge is -1.97. The van der Waals surface area contributed by atoms with Crippen molar-refractivity contribution in [2.24, 2.45) is 0 Å². The lowest BCUT2D eigenvalue weighted by molar-refractivity contribution is -0.402. The smallest absolute Gasteiger partial charge is 0.401 e. The molecular weight excluding hydrogens is 306 g/mol. The van der Waals surface area contributed by atoms with Crippen LogP contribution >= 0.6 is 11.8 Å². The molecule has 0 radical (unpaired) electrons. The highest BCUT2D eigenvalue weighted by atomic mass is 32.2. The molecule has 8 nitrogen and oxygen atoms in total. The quantitative estimate of drug-likeness (QED) is 0.414. The number of hydrogen-bond donors (Lipinski definition) is 0. The maximum Gasteiger partial charge on any atom is 0.433 e. The van der Waals surface area contributed by atoms with Gasteiger partial charge in [0.2, 0.25) is 5.16 Å². The van der Waals surface area contributed by atoms with Gasteiger partial charge < -0.3 is 4.42 Å².